The number of carboxylic acid groups (broad SMARTS) is 1. The molecule has 0 spiro atoms. The number of amides is 1. The summed E-state index contributed by atoms with van der Waals surface area (Å²) >= 11 is 0. The Kier molecular flexibility index (Phi) is 11.0. The van der Waals surface area contributed by atoms with Crippen LogP contribution in [0.15, 0.2) is 66.9 Å². The van der Waals surface area contributed by atoms with Crippen molar-refractivity contribution in [3.63, 3.8) is 0 Å². The molecule has 3 aromatic carbocycles. The van der Waals surface area contributed by atoms with Crippen molar-refractivity contribution in [1.82, 2.24) is 20.1 Å². The van der Waals surface area contributed by atoms with Crippen LogP contribution in [0.1, 0.15) is 37.8 Å². The van der Waals surface area contributed by atoms with Crippen molar-refractivity contribution in [2.75, 3.05) is 39.3 Å². The number of carbonyl (C=O) groups excluding carboxylic acids is 1. The Labute approximate surface area is 303 Å². The van der Waals surface area contributed by atoms with E-state index in [1.165, 1.54) is 0 Å². The van der Waals surface area contributed by atoms with Gasteiger partial charge in [0.25, 0.3) is 0 Å². The van der Waals surface area contributed by atoms with Gasteiger partial charge in [-0.05, 0) is 73.5 Å². The maximum atomic E-state index is 14.4. The molecule has 6 rings (SSSR count). The highest BCUT2D eigenvalue weighted by atomic mass is 19.4. The fourth-order valence-corrected chi connectivity index (χ4v) is 7.87. The van der Waals surface area contributed by atoms with Gasteiger partial charge in [0.1, 0.15) is 11.5 Å². The molecule has 53 heavy (non-hydrogen) atoms. The molecule has 14 heteroatoms. The van der Waals surface area contributed by atoms with Crippen molar-refractivity contribution in [3.8, 4) is 11.3 Å². The summed E-state index contributed by atoms with van der Waals surface area (Å²) in [6, 6.07) is 17.0. The van der Waals surface area contributed by atoms with Crippen LogP contribution in [0.3, 0.4) is 0 Å². The number of morpholine rings is 1. The second kappa shape index (κ2) is 15.2. The van der Waals surface area contributed by atoms with Gasteiger partial charge in [-0.25, -0.2) is 4.79 Å². The van der Waals surface area contributed by atoms with E-state index >= 15 is 0 Å². The van der Waals surface area contributed by atoms with E-state index in [9.17, 15) is 41.0 Å². The number of hydrogen-bond acceptors (Lipinski definition) is 6. The first kappa shape index (κ1) is 38.5. The van der Waals surface area contributed by atoms with E-state index in [4.69, 9.17) is 9.72 Å². The zero-order valence-electron chi connectivity index (χ0n) is 29.4. The summed E-state index contributed by atoms with van der Waals surface area (Å²) in [5.74, 6) is -3.10. The second-order valence-electron chi connectivity index (χ2n) is 14.3. The van der Waals surface area contributed by atoms with Crippen LogP contribution in [0.25, 0.3) is 32.8 Å². The maximum Gasteiger partial charge on any atom is 0.403 e. The third-order valence-corrected chi connectivity index (χ3v) is 10.5. The van der Waals surface area contributed by atoms with Crippen LogP contribution in [0.4, 0.5) is 26.3 Å². The molecule has 2 N–H and O–H groups in total. The van der Waals surface area contributed by atoms with E-state index in [2.05, 4.69) is 30.1 Å². The number of nitrogens with one attached hydrogen (secondary N) is 1. The van der Waals surface area contributed by atoms with Gasteiger partial charge in [0.15, 0.2) is 0 Å². The zero-order valence-corrected chi connectivity index (χ0v) is 29.4. The Morgan fingerprint density at radius 3 is 2.11 bits per heavy atom. The maximum absolute atomic E-state index is 14.4. The Balaban J connectivity index is 1.26. The predicted octanol–water partition coefficient (Wildman–Crippen LogP) is 7.03. The average Bonchev–Trinajstić information content (AvgIpc) is 3.09. The number of rotatable bonds is 10. The van der Waals surface area contributed by atoms with Crippen molar-refractivity contribution in [1.29, 1.82) is 0 Å². The minimum atomic E-state index is -5.11. The van der Waals surface area contributed by atoms with Crippen molar-refractivity contribution < 1.29 is 45.8 Å². The number of aromatic nitrogens is 1. The lowest BCUT2D eigenvalue weighted by molar-refractivity contribution is -0.236. The van der Waals surface area contributed by atoms with E-state index in [0.29, 0.717) is 16.6 Å². The van der Waals surface area contributed by atoms with Gasteiger partial charge in [0, 0.05) is 43.2 Å². The van der Waals surface area contributed by atoms with E-state index in [0.717, 1.165) is 58.2 Å². The predicted molar refractivity (Wildman–Crippen MR) is 188 cm³/mol. The van der Waals surface area contributed by atoms with E-state index in [1.807, 2.05) is 36.5 Å². The molecule has 284 valence electrons. The smallest absolute Gasteiger partial charge is 0.403 e. The Bertz CT molecular complexity index is 1950. The summed E-state index contributed by atoms with van der Waals surface area (Å²) in [6.45, 7) is 4.07. The Morgan fingerprint density at radius 2 is 1.47 bits per heavy atom. The fraction of sp³-hybridized carbons (Fsp3) is 0.462. The number of carbonyl (C=O) groups is 2. The van der Waals surface area contributed by atoms with Gasteiger partial charge >= 0.3 is 18.3 Å². The quantitative estimate of drug-likeness (QED) is 0.169. The number of nitrogens with zero attached hydrogens (tertiary/aromatic N) is 3. The third-order valence-electron chi connectivity index (χ3n) is 10.5. The monoisotopic (exact) mass is 744 g/mol. The summed E-state index contributed by atoms with van der Waals surface area (Å²) in [7, 11) is 0. The van der Waals surface area contributed by atoms with E-state index in [-0.39, 0.29) is 18.6 Å². The molecule has 2 saturated heterocycles. The summed E-state index contributed by atoms with van der Waals surface area (Å²) in [5, 5.41) is 15.6. The van der Waals surface area contributed by atoms with Crippen molar-refractivity contribution in [2.45, 2.75) is 70.1 Å². The summed E-state index contributed by atoms with van der Waals surface area (Å²) in [4.78, 5) is 33.9. The van der Waals surface area contributed by atoms with Crippen molar-refractivity contribution in [2.24, 2.45) is 5.41 Å². The van der Waals surface area contributed by atoms with Gasteiger partial charge in [-0.2, -0.15) is 26.3 Å². The first-order valence-electron chi connectivity index (χ1n) is 17.7. The van der Waals surface area contributed by atoms with Crippen molar-refractivity contribution >= 4 is 33.4 Å². The average molecular weight is 745 g/mol. The van der Waals surface area contributed by atoms with Crippen LogP contribution < -0.4 is 5.32 Å². The lowest BCUT2D eigenvalue weighted by Gasteiger charge is -2.42. The first-order chi connectivity index (χ1) is 25.0. The summed E-state index contributed by atoms with van der Waals surface area (Å²) < 4.78 is 87.9. The molecule has 0 unspecified atom stereocenters. The van der Waals surface area contributed by atoms with Crippen LogP contribution in [0, 0.1) is 5.41 Å². The lowest BCUT2D eigenvalue weighted by atomic mass is 9.76. The molecule has 2 aliphatic rings. The Hall–Kier alpha value is -4.27. The number of likely N-dealkylation sites (tertiary alicyclic amines) is 1. The number of halogens is 6. The normalized spacial score (nSPS) is 20.8. The number of pyridine rings is 1. The molecule has 8 nitrogen and oxygen atoms in total. The summed E-state index contributed by atoms with van der Waals surface area (Å²) in [5.41, 5.74) is 0.0492. The molecule has 3 atom stereocenters. The lowest BCUT2D eigenvalue weighted by Crippen LogP contribution is -2.59. The van der Waals surface area contributed by atoms with E-state index < -0.39 is 68.2 Å². The van der Waals surface area contributed by atoms with Gasteiger partial charge in [0.05, 0.1) is 24.4 Å². The van der Waals surface area contributed by atoms with Crippen LogP contribution in [0.5, 0.6) is 0 Å². The molecule has 2 aliphatic heterocycles. The minimum absolute atomic E-state index is 0.156. The fourth-order valence-electron chi connectivity index (χ4n) is 7.87. The number of ether oxygens (including phenoxy) is 1. The Morgan fingerprint density at radius 1 is 0.868 bits per heavy atom. The molecule has 0 bridgehead atoms. The third kappa shape index (κ3) is 8.44. The zero-order chi connectivity index (χ0) is 38.1. The summed E-state index contributed by atoms with van der Waals surface area (Å²) in [6.07, 6.45) is -8.91. The van der Waals surface area contributed by atoms with Crippen molar-refractivity contribution in [3.05, 3.63) is 78.0 Å². The van der Waals surface area contributed by atoms with Crippen LogP contribution >= 0.6 is 0 Å². The second-order valence-corrected chi connectivity index (χ2v) is 14.3. The van der Waals surface area contributed by atoms with Gasteiger partial charge < -0.3 is 15.2 Å². The number of aliphatic carboxylic acids is 1. The number of carboxylic acids is 1. The van der Waals surface area contributed by atoms with Crippen LogP contribution in [-0.4, -0.2) is 102 Å². The van der Waals surface area contributed by atoms with Crippen LogP contribution in [0.2, 0.25) is 0 Å². The highest BCUT2D eigenvalue weighted by Gasteiger charge is 2.61. The number of fused-ring (bicyclic) bond motifs is 2. The van der Waals surface area contributed by atoms with Gasteiger partial charge in [-0.3, -0.25) is 19.6 Å². The minimum Gasteiger partial charge on any atom is -0.480 e. The number of benzene rings is 3. The molecule has 0 aliphatic carbocycles. The topological polar surface area (TPSA) is 95.0 Å². The molecule has 1 amide bonds. The molecule has 4 aromatic rings. The largest absolute Gasteiger partial charge is 0.480 e. The highest BCUT2D eigenvalue weighted by molar-refractivity contribution is 6.05. The molecule has 0 radical (unpaired) electrons. The van der Waals surface area contributed by atoms with Crippen LogP contribution in [-0.2, 0) is 27.2 Å². The SMILES string of the molecule is C[C@@H]1CN(CCc2cnc(-c3cccc4c(C[C@H](NC(=O)C5(C(F)(F)F)CCN(CC(F)(F)F)CC5)C(=O)O)cccc34)c3ccccc23)C[C@H](C)O1. The molecular formula is C39H42F6N4O4. The molecule has 3 heterocycles. The van der Waals surface area contributed by atoms with Gasteiger partial charge in [0.2, 0.25) is 5.91 Å². The number of alkyl halides is 6. The molecule has 2 fully saturated rings. The first-order valence-corrected chi connectivity index (χ1v) is 17.7. The standard InChI is InChI=1S/C39H42F6N4O4/c1-24-21-49(22-25(2)53-24)16-13-27-20-46-34(31-9-4-3-8-29(27)31)32-12-6-10-28-26(7-5-11-30(28)32)19-33(35(50)51)47-36(52)37(39(43,44)45)14-17-48(18-15-37)23-38(40,41)42/h3-12,20,24-25,33H,13-19,21-23H2,1-2H3,(H,47,52)(H,50,51)/t24-,25+,33-/m0/s1. The van der Waals surface area contributed by atoms with E-state index in [1.54, 1.807) is 24.3 Å². The highest BCUT2D eigenvalue weighted by Crippen LogP contribution is 2.47. The van der Waals surface area contributed by atoms with Gasteiger partial charge in [-0.15, -0.1) is 0 Å². The van der Waals surface area contributed by atoms with Gasteiger partial charge in [-0.1, -0.05) is 60.7 Å². The number of piperidine rings is 1. The molecule has 1 aromatic heterocycles. The molecule has 0 saturated carbocycles. The molecular weight excluding hydrogens is 702 g/mol. The number of hydrogen-bond donors (Lipinski definition) is 2.